The number of hydrogen-bond donors (Lipinski definition) is 1. The summed E-state index contributed by atoms with van der Waals surface area (Å²) in [5.74, 6) is -0.0215. The first-order valence-corrected chi connectivity index (χ1v) is 8.94. The highest BCUT2D eigenvalue weighted by Crippen LogP contribution is 2.31. The van der Waals surface area contributed by atoms with Gasteiger partial charge < -0.3 is 5.32 Å². The first-order valence-electron chi connectivity index (χ1n) is 7.33. The molecule has 2 rings (SSSR count). The topological polar surface area (TPSA) is 66.5 Å². The fourth-order valence-corrected chi connectivity index (χ4v) is 3.53. The van der Waals surface area contributed by atoms with Crippen molar-refractivity contribution in [1.29, 1.82) is 0 Å². The second kappa shape index (κ2) is 6.05. The van der Waals surface area contributed by atoms with E-state index in [2.05, 4.69) is 5.32 Å². The second-order valence-electron chi connectivity index (χ2n) is 5.35. The number of nitrogens with zero attached hydrogens (tertiary/aromatic N) is 1. The summed E-state index contributed by atoms with van der Waals surface area (Å²) < 4.78 is 25.5. The molecule has 1 aromatic carbocycles. The van der Waals surface area contributed by atoms with Crippen LogP contribution in [0.4, 0.5) is 5.69 Å². The van der Waals surface area contributed by atoms with Gasteiger partial charge in [-0.25, -0.2) is 8.42 Å². The van der Waals surface area contributed by atoms with Crippen LogP contribution in [-0.2, 0) is 16.4 Å². The molecule has 0 fully saturated rings. The van der Waals surface area contributed by atoms with Crippen LogP contribution in [0.25, 0.3) is 0 Å². The number of sulfonamides is 1. The lowest BCUT2D eigenvalue weighted by atomic mass is 10.1. The Morgan fingerprint density at radius 1 is 1.38 bits per heavy atom. The maximum Gasteiger partial charge on any atom is 0.251 e. The number of amides is 1. The van der Waals surface area contributed by atoms with Gasteiger partial charge in [0.25, 0.3) is 5.91 Å². The van der Waals surface area contributed by atoms with Gasteiger partial charge in [-0.15, -0.1) is 0 Å². The lowest BCUT2D eigenvalue weighted by Crippen LogP contribution is -2.32. The average Bonchev–Trinajstić information content (AvgIpc) is 2.90. The summed E-state index contributed by atoms with van der Waals surface area (Å²) in [6.45, 7) is 6.07. The zero-order chi connectivity index (χ0) is 15.6. The van der Waals surface area contributed by atoms with E-state index in [-0.39, 0.29) is 17.7 Å². The number of carbonyl (C=O) groups excluding carboxylic acids is 1. The molecule has 1 aromatic rings. The number of hydrogen-bond acceptors (Lipinski definition) is 3. The molecule has 21 heavy (non-hydrogen) atoms. The molecule has 0 spiro atoms. The molecule has 0 bridgehead atoms. The van der Waals surface area contributed by atoms with E-state index >= 15 is 0 Å². The van der Waals surface area contributed by atoms with E-state index in [1.165, 1.54) is 4.31 Å². The van der Waals surface area contributed by atoms with Gasteiger partial charge in [0.2, 0.25) is 10.0 Å². The van der Waals surface area contributed by atoms with Crippen LogP contribution in [0.2, 0.25) is 0 Å². The lowest BCUT2D eigenvalue weighted by Gasteiger charge is -2.18. The Kier molecular flexibility index (Phi) is 4.56. The summed E-state index contributed by atoms with van der Waals surface area (Å²) in [5, 5.41) is 2.92. The molecule has 0 aromatic heterocycles. The fourth-order valence-electron chi connectivity index (χ4n) is 2.37. The minimum Gasteiger partial charge on any atom is -0.350 e. The smallest absolute Gasteiger partial charge is 0.251 e. The van der Waals surface area contributed by atoms with E-state index < -0.39 is 10.0 Å². The highest BCUT2D eigenvalue weighted by Gasteiger charge is 2.28. The molecule has 1 aliphatic heterocycles. The highest BCUT2D eigenvalue weighted by molar-refractivity contribution is 7.92. The number of nitrogens with one attached hydrogen (secondary N) is 1. The number of anilines is 1. The molecular weight excluding hydrogens is 288 g/mol. The van der Waals surface area contributed by atoms with Crippen molar-refractivity contribution in [1.82, 2.24) is 5.32 Å². The van der Waals surface area contributed by atoms with Gasteiger partial charge in [0, 0.05) is 18.2 Å². The van der Waals surface area contributed by atoms with Gasteiger partial charge in [-0.05, 0) is 50.5 Å². The molecule has 0 radical (unpaired) electrons. The van der Waals surface area contributed by atoms with Crippen molar-refractivity contribution >= 4 is 21.6 Å². The molecule has 1 amide bonds. The van der Waals surface area contributed by atoms with Gasteiger partial charge in [0.05, 0.1) is 11.4 Å². The Bertz CT molecular complexity index is 640. The van der Waals surface area contributed by atoms with Crippen molar-refractivity contribution in [3.05, 3.63) is 29.3 Å². The SMILES string of the molecule is CC[C@@H](C)NC(=O)c1ccc2c(c1)CCN2S(=O)(=O)CC. The van der Waals surface area contributed by atoms with E-state index in [1.807, 2.05) is 13.8 Å². The van der Waals surface area contributed by atoms with Crippen molar-refractivity contribution in [2.75, 3.05) is 16.6 Å². The van der Waals surface area contributed by atoms with Crippen LogP contribution in [0, 0.1) is 0 Å². The van der Waals surface area contributed by atoms with Crippen LogP contribution in [0.3, 0.4) is 0 Å². The van der Waals surface area contributed by atoms with E-state index in [0.717, 1.165) is 12.0 Å². The molecule has 1 N–H and O–H groups in total. The molecule has 0 saturated carbocycles. The summed E-state index contributed by atoms with van der Waals surface area (Å²) in [5.41, 5.74) is 2.21. The Morgan fingerprint density at radius 2 is 2.10 bits per heavy atom. The van der Waals surface area contributed by atoms with Crippen LogP contribution in [-0.4, -0.2) is 32.7 Å². The van der Waals surface area contributed by atoms with E-state index in [0.29, 0.717) is 24.2 Å². The maximum atomic E-state index is 12.1. The number of benzene rings is 1. The summed E-state index contributed by atoms with van der Waals surface area (Å²) in [6.07, 6.45) is 1.53. The third kappa shape index (κ3) is 3.20. The molecule has 116 valence electrons. The second-order valence-corrected chi connectivity index (χ2v) is 7.53. The van der Waals surface area contributed by atoms with Crippen molar-refractivity contribution in [2.45, 2.75) is 39.7 Å². The quantitative estimate of drug-likeness (QED) is 0.903. The normalized spacial score (nSPS) is 15.7. The molecule has 0 unspecified atom stereocenters. The van der Waals surface area contributed by atoms with E-state index in [9.17, 15) is 13.2 Å². The van der Waals surface area contributed by atoms with Crippen LogP contribution in [0.1, 0.15) is 43.1 Å². The summed E-state index contributed by atoms with van der Waals surface area (Å²) >= 11 is 0. The summed E-state index contributed by atoms with van der Waals surface area (Å²) in [4.78, 5) is 12.1. The summed E-state index contributed by atoms with van der Waals surface area (Å²) in [7, 11) is -3.23. The molecular formula is C15H22N2O3S. The van der Waals surface area contributed by atoms with Crippen LogP contribution >= 0.6 is 0 Å². The van der Waals surface area contributed by atoms with Crippen molar-refractivity contribution in [3.63, 3.8) is 0 Å². The lowest BCUT2D eigenvalue weighted by molar-refractivity contribution is 0.0939. The summed E-state index contributed by atoms with van der Waals surface area (Å²) in [6, 6.07) is 5.36. The van der Waals surface area contributed by atoms with Gasteiger partial charge in [-0.3, -0.25) is 9.10 Å². The molecule has 1 atom stereocenters. The van der Waals surface area contributed by atoms with E-state index in [4.69, 9.17) is 0 Å². The minimum absolute atomic E-state index is 0.0860. The van der Waals surface area contributed by atoms with Gasteiger partial charge in [0.15, 0.2) is 0 Å². The monoisotopic (exact) mass is 310 g/mol. The zero-order valence-corrected chi connectivity index (χ0v) is 13.5. The van der Waals surface area contributed by atoms with E-state index in [1.54, 1.807) is 25.1 Å². The Labute approximate surface area is 126 Å². The third-order valence-electron chi connectivity index (χ3n) is 3.89. The van der Waals surface area contributed by atoms with Crippen LogP contribution in [0.15, 0.2) is 18.2 Å². The minimum atomic E-state index is -3.23. The van der Waals surface area contributed by atoms with Crippen molar-refractivity contribution in [2.24, 2.45) is 0 Å². The standard InChI is InChI=1S/C15H22N2O3S/c1-4-11(3)16-15(18)13-6-7-14-12(10-13)8-9-17(14)21(19,20)5-2/h6-7,10-11H,4-5,8-9H2,1-3H3,(H,16,18)/t11-/m1/s1. The third-order valence-corrected chi connectivity index (χ3v) is 5.67. The van der Waals surface area contributed by atoms with Crippen LogP contribution in [0.5, 0.6) is 0 Å². The van der Waals surface area contributed by atoms with Gasteiger partial charge >= 0.3 is 0 Å². The number of fused-ring (bicyclic) bond motifs is 1. The Morgan fingerprint density at radius 3 is 2.71 bits per heavy atom. The van der Waals surface area contributed by atoms with Crippen molar-refractivity contribution < 1.29 is 13.2 Å². The molecule has 1 heterocycles. The molecule has 1 aliphatic rings. The predicted molar refractivity (Wildman–Crippen MR) is 84.2 cm³/mol. The van der Waals surface area contributed by atoms with Crippen LogP contribution < -0.4 is 9.62 Å². The number of carbonyl (C=O) groups is 1. The van der Waals surface area contributed by atoms with Gasteiger partial charge in [-0.2, -0.15) is 0 Å². The molecule has 5 nitrogen and oxygen atoms in total. The fraction of sp³-hybridized carbons (Fsp3) is 0.533. The first-order chi connectivity index (χ1) is 9.89. The highest BCUT2D eigenvalue weighted by atomic mass is 32.2. The Balaban J connectivity index is 2.25. The Hall–Kier alpha value is -1.56. The number of rotatable bonds is 5. The zero-order valence-electron chi connectivity index (χ0n) is 12.7. The first kappa shape index (κ1) is 15.8. The van der Waals surface area contributed by atoms with Gasteiger partial charge in [0.1, 0.15) is 0 Å². The molecule has 0 saturated heterocycles. The maximum absolute atomic E-state index is 12.1. The molecule has 6 heteroatoms. The predicted octanol–water partition coefficient (Wildman–Crippen LogP) is 1.93. The molecule has 0 aliphatic carbocycles. The average molecular weight is 310 g/mol. The van der Waals surface area contributed by atoms with Gasteiger partial charge in [-0.1, -0.05) is 6.92 Å². The largest absolute Gasteiger partial charge is 0.350 e. The van der Waals surface area contributed by atoms with Crippen molar-refractivity contribution in [3.8, 4) is 0 Å².